The Kier molecular flexibility index (Phi) is 3.21. The number of hydrogen-bond donors (Lipinski definition) is 3. The molecule has 3 nitrogen and oxygen atoms in total. The summed E-state index contributed by atoms with van der Waals surface area (Å²) >= 11 is 0. The fourth-order valence-corrected chi connectivity index (χ4v) is 2.47. The highest BCUT2D eigenvalue weighted by atomic mass is 15.3. The lowest BCUT2D eigenvalue weighted by Crippen LogP contribution is -3.26. The van der Waals surface area contributed by atoms with Crippen LogP contribution in [-0.4, -0.2) is 53.4 Å². The molecule has 2 rings (SSSR count). The summed E-state index contributed by atoms with van der Waals surface area (Å²) in [6.45, 7) is 7.94. The Morgan fingerprint density at radius 3 is 2.21 bits per heavy atom. The average molecular weight is 198 g/mol. The molecular weight excluding hydrogens is 174 g/mol. The van der Waals surface area contributed by atoms with Crippen molar-refractivity contribution in [2.24, 2.45) is 0 Å². The number of nitrogens with one attached hydrogen (secondary N) is 3. The van der Waals surface area contributed by atoms with Crippen molar-refractivity contribution < 1.29 is 14.7 Å². The van der Waals surface area contributed by atoms with Gasteiger partial charge in [-0.05, 0) is 0 Å². The van der Waals surface area contributed by atoms with E-state index >= 15 is 0 Å². The summed E-state index contributed by atoms with van der Waals surface area (Å²) in [5.41, 5.74) is 1.70. The van der Waals surface area contributed by atoms with Gasteiger partial charge in [0.05, 0.1) is 27.1 Å². The van der Waals surface area contributed by atoms with Gasteiger partial charge in [0.1, 0.15) is 38.4 Å². The molecular formula is C11H24N3+3. The zero-order valence-corrected chi connectivity index (χ0v) is 9.53. The molecule has 1 atom stereocenters. The van der Waals surface area contributed by atoms with Crippen LogP contribution >= 0.6 is 0 Å². The van der Waals surface area contributed by atoms with E-state index in [9.17, 15) is 0 Å². The average Bonchev–Trinajstić information content (AvgIpc) is 2.21. The Hall–Kier alpha value is -0.380. The van der Waals surface area contributed by atoms with E-state index in [2.05, 4.69) is 20.2 Å². The summed E-state index contributed by atoms with van der Waals surface area (Å²) < 4.78 is 0. The summed E-state index contributed by atoms with van der Waals surface area (Å²) in [6, 6.07) is 0. The van der Waals surface area contributed by atoms with Gasteiger partial charge in [-0.3, -0.25) is 4.90 Å². The summed E-state index contributed by atoms with van der Waals surface area (Å²) in [7, 11) is 4.60. The van der Waals surface area contributed by atoms with Crippen LogP contribution in [0.25, 0.3) is 0 Å². The monoisotopic (exact) mass is 198 g/mol. The van der Waals surface area contributed by atoms with Crippen LogP contribution in [-0.2, 0) is 0 Å². The van der Waals surface area contributed by atoms with E-state index in [4.69, 9.17) is 0 Å². The largest absolute Gasteiger partial charge is 0.333 e. The Labute approximate surface area is 87.0 Å². The number of likely N-dealkylation sites (N-methyl/N-ethyl adjacent to an activating group) is 2. The third kappa shape index (κ3) is 2.35. The molecule has 2 heterocycles. The molecule has 14 heavy (non-hydrogen) atoms. The van der Waals surface area contributed by atoms with Gasteiger partial charge < -0.3 is 9.80 Å². The van der Waals surface area contributed by atoms with Gasteiger partial charge in [-0.2, -0.15) is 0 Å². The molecule has 0 aromatic carbocycles. The summed E-state index contributed by atoms with van der Waals surface area (Å²) in [5.74, 6) is 0. The molecule has 0 saturated carbocycles. The van der Waals surface area contributed by atoms with Crippen LogP contribution in [0.5, 0.6) is 0 Å². The maximum atomic E-state index is 2.48. The first-order chi connectivity index (χ1) is 6.75. The van der Waals surface area contributed by atoms with Gasteiger partial charge in [-0.25, -0.2) is 0 Å². The summed E-state index contributed by atoms with van der Waals surface area (Å²) in [5, 5.41) is 0. The summed E-state index contributed by atoms with van der Waals surface area (Å²) in [6.07, 6.45) is 3.80. The van der Waals surface area contributed by atoms with E-state index < -0.39 is 0 Å². The minimum Gasteiger partial charge on any atom is -0.333 e. The minimum atomic E-state index is 1.24. The van der Waals surface area contributed by atoms with Crippen molar-refractivity contribution in [1.29, 1.82) is 0 Å². The SMILES string of the molecule is C[NH+]1CC=C([NH+]2CC[NH+](C)CC2)CC1. The van der Waals surface area contributed by atoms with Gasteiger partial charge in [0.15, 0.2) is 0 Å². The van der Waals surface area contributed by atoms with E-state index in [0.29, 0.717) is 0 Å². The molecule has 3 heteroatoms. The Balaban J connectivity index is 1.89. The van der Waals surface area contributed by atoms with Crippen LogP contribution in [0.4, 0.5) is 0 Å². The fourth-order valence-electron chi connectivity index (χ4n) is 2.47. The van der Waals surface area contributed by atoms with Crippen LogP contribution < -0.4 is 14.7 Å². The van der Waals surface area contributed by atoms with Gasteiger partial charge in [0.2, 0.25) is 0 Å². The standard InChI is InChI=1S/C11H21N3/c1-12-5-3-11(4-6-12)14-9-7-13(2)8-10-14/h3H,4-10H2,1-2H3/p+3. The molecule has 80 valence electrons. The number of rotatable bonds is 1. The molecule has 0 amide bonds. The van der Waals surface area contributed by atoms with Gasteiger partial charge in [-0.15, -0.1) is 0 Å². The second-order valence-corrected chi connectivity index (χ2v) is 4.95. The zero-order valence-electron chi connectivity index (χ0n) is 9.53. The molecule has 0 aromatic rings. The van der Waals surface area contributed by atoms with E-state index in [1.165, 1.54) is 45.7 Å². The topological polar surface area (TPSA) is 13.3 Å². The first-order valence-electron chi connectivity index (χ1n) is 5.92. The third-order valence-electron chi connectivity index (χ3n) is 3.68. The Morgan fingerprint density at radius 1 is 0.929 bits per heavy atom. The molecule has 0 bridgehead atoms. The van der Waals surface area contributed by atoms with Crippen molar-refractivity contribution in [2.45, 2.75) is 6.42 Å². The highest BCUT2D eigenvalue weighted by Gasteiger charge is 2.26. The molecule has 1 fully saturated rings. The highest BCUT2D eigenvalue weighted by Crippen LogP contribution is 1.92. The number of quaternary nitrogens is 3. The van der Waals surface area contributed by atoms with Crippen LogP contribution in [0.2, 0.25) is 0 Å². The van der Waals surface area contributed by atoms with Crippen molar-refractivity contribution in [3.8, 4) is 0 Å². The second-order valence-electron chi connectivity index (χ2n) is 4.95. The van der Waals surface area contributed by atoms with Crippen molar-refractivity contribution in [2.75, 3.05) is 53.4 Å². The van der Waals surface area contributed by atoms with Gasteiger partial charge in [-0.1, -0.05) is 0 Å². The van der Waals surface area contributed by atoms with Crippen LogP contribution in [0.1, 0.15) is 6.42 Å². The van der Waals surface area contributed by atoms with Crippen molar-refractivity contribution in [1.82, 2.24) is 0 Å². The zero-order chi connectivity index (χ0) is 9.97. The van der Waals surface area contributed by atoms with Crippen LogP contribution in [0.15, 0.2) is 11.8 Å². The predicted molar refractivity (Wildman–Crippen MR) is 56.6 cm³/mol. The van der Waals surface area contributed by atoms with E-state index in [0.717, 1.165) is 0 Å². The van der Waals surface area contributed by atoms with E-state index in [1.807, 2.05) is 0 Å². The predicted octanol–water partition coefficient (Wildman–Crippen LogP) is -3.80. The molecule has 0 spiro atoms. The van der Waals surface area contributed by atoms with Crippen molar-refractivity contribution >= 4 is 0 Å². The molecule has 2 aliphatic rings. The highest BCUT2D eigenvalue weighted by molar-refractivity contribution is 4.93. The van der Waals surface area contributed by atoms with Crippen molar-refractivity contribution in [3.05, 3.63) is 11.8 Å². The summed E-state index contributed by atoms with van der Waals surface area (Å²) in [4.78, 5) is 5.13. The molecule has 3 N–H and O–H groups in total. The van der Waals surface area contributed by atoms with E-state index in [1.54, 1.807) is 20.4 Å². The first kappa shape index (κ1) is 10.1. The van der Waals surface area contributed by atoms with Gasteiger partial charge in [0.25, 0.3) is 0 Å². The second kappa shape index (κ2) is 4.43. The Morgan fingerprint density at radius 2 is 1.64 bits per heavy atom. The fraction of sp³-hybridized carbons (Fsp3) is 0.818. The maximum absolute atomic E-state index is 2.48. The molecule has 0 aromatic heterocycles. The van der Waals surface area contributed by atoms with E-state index in [-0.39, 0.29) is 0 Å². The molecule has 2 aliphatic heterocycles. The first-order valence-corrected chi connectivity index (χ1v) is 5.92. The van der Waals surface area contributed by atoms with Gasteiger partial charge >= 0.3 is 0 Å². The smallest absolute Gasteiger partial charge is 0.131 e. The molecule has 1 saturated heterocycles. The van der Waals surface area contributed by atoms with Crippen LogP contribution in [0, 0.1) is 0 Å². The number of piperazine rings is 1. The molecule has 0 radical (unpaired) electrons. The quantitative estimate of drug-likeness (QED) is 0.383. The lowest BCUT2D eigenvalue weighted by atomic mass is 10.1. The number of hydrogen-bond acceptors (Lipinski definition) is 0. The lowest BCUT2D eigenvalue weighted by Gasteiger charge is -2.30. The third-order valence-corrected chi connectivity index (χ3v) is 3.68. The lowest BCUT2D eigenvalue weighted by molar-refractivity contribution is -0.989. The van der Waals surface area contributed by atoms with Crippen LogP contribution in [0.3, 0.4) is 0 Å². The minimum absolute atomic E-state index is 1.24. The maximum Gasteiger partial charge on any atom is 0.131 e. The van der Waals surface area contributed by atoms with Crippen molar-refractivity contribution in [3.63, 3.8) is 0 Å². The Bertz CT molecular complexity index is 217. The van der Waals surface area contributed by atoms with Gasteiger partial charge in [0, 0.05) is 6.08 Å². The normalized spacial score (nSPS) is 39.3. The molecule has 1 unspecified atom stereocenters. The molecule has 0 aliphatic carbocycles.